The molecule has 2 rings (SSSR count). The number of carbonyl (C=O) groups is 2. The van der Waals surface area contributed by atoms with Crippen LogP contribution in [0.3, 0.4) is 0 Å². The van der Waals surface area contributed by atoms with Gasteiger partial charge in [0.2, 0.25) is 4.74 Å². The minimum absolute atomic E-state index is 0.351. The molecule has 3 N–H and O–H groups in total. The third kappa shape index (κ3) is 2.81. The van der Waals surface area contributed by atoms with Crippen LogP contribution in [0.5, 0.6) is 5.75 Å². The zero-order chi connectivity index (χ0) is 14.9. The maximum Gasteiger partial charge on any atom is 0.322 e. The summed E-state index contributed by atoms with van der Waals surface area (Å²) in [4.78, 5) is 34.0. The first-order chi connectivity index (χ1) is 9.40. The first-order valence-corrected chi connectivity index (χ1v) is 6.96. The molecule has 0 fully saturated rings. The molecule has 2 aromatic rings. The second-order valence-electron chi connectivity index (χ2n) is 3.83. The zero-order valence-corrected chi connectivity index (χ0v) is 12.2. The van der Waals surface area contributed by atoms with Crippen LogP contribution >= 0.6 is 27.3 Å². The lowest BCUT2D eigenvalue weighted by atomic mass is 10.2. The maximum atomic E-state index is 11.9. The highest BCUT2D eigenvalue weighted by atomic mass is 79.9. The molecule has 0 unspecified atom stereocenters. The monoisotopic (exact) mass is 357 g/mol. The van der Waals surface area contributed by atoms with E-state index in [-0.39, 0.29) is 0 Å². The Morgan fingerprint density at radius 1 is 1.35 bits per heavy atom. The van der Waals surface area contributed by atoms with E-state index < -0.39 is 34.5 Å². The van der Waals surface area contributed by atoms with E-state index in [0.717, 1.165) is 11.3 Å². The molecule has 0 aliphatic rings. The van der Waals surface area contributed by atoms with E-state index in [2.05, 4.69) is 21.2 Å². The molecule has 0 bridgehead atoms. The van der Waals surface area contributed by atoms with Crippen LogP contribution in [-0.4, -0.2) is 28.6 Å². The van der Waals surface area contributed by atoms with Gasteiger partial charge in [-0.2, -0.15) is 0 Å². The summed E-state index contributed by atoms with van der Waals surface area (Å²) in [5, 5.41) is 21.0. The van der Waals surface area contributed by atoms with Crippen molar-refractivity contribution in [3.05, 3.63) is 37.8 Å². The highest BCUT2D eigenvalue weighted by Gasteiger charge is 2.19. The third-order valence-corrected chi connectivity index (χ3v) is 3.93. The van der Waals surface area contributed by atoms with Gasteiger partial charge in [0.25, 0.3) is 5.91 Å². The molecule has 1 amide bonds. The van der Waals surface area contributed by atoms with E-state index in [0.29, 0.717) is 14.6 Å². The molecule has 1 aromatic heterocycles. The Morgan fingerprint density at radius 3 is 2.70 bits per heavy atom. The van der Waals surface area contributed by atoms with Crippen LogP contribution in [0.4, 0.5) is 0 Å². The Labute approximate surface area is 124 Å². The third-order valence-electron chi connectivity index (χ3n) is 2.47. The number of halogens is 1. The van der Waals surface area contributed by atoms with Crippen molar-refractivity contribution in [2.45, 2.75) is 0 Å². The van der Waals surface area contributed by atoms with Crippen molar-refractivity contribution in [2.24, 2.45) is 0 Å². The Kier molecular flexibility index (Phi) is 4.05. The summed E-state index contributed by atoms with van der Waals surface area (Å²) in [6.07, 6.45) is 0. The van der Waals surface area contributed by atoms with Crippen molar-refractivity contribution in [3.8, 4) is 5.75 Å². The number of hydrogen-bond acceptors (Lipinski definition) is 5. The molecule has 0 saturated carbocycles. The molecule has 8 heteroatoms. The van der Waals surface area contributed by atoms with Gasteiger partial charge in [0.05, 0.1) is 0 Å². The fourth-order valence-corrected chi connectivity index (χ4v) is 2.86. The first-order valence-electron chi connectivity index (χ1n) is 5.35. The van der Waals surface area contributed by atoms with Crippen LogP contribution in [-0.2, 0) is 4.79 Å². The van der Waals surface area contributed by atoms with Gasteiger partial charge < -0.3 is 15.5 Å². The number of carboxylic acid groups (broad SMARTS) is 1. The van der Waals surface area contributed by atoms with E-state index in [9.17, 15) is 19.5 Å². The fraction of sp³-hybridized carbons (Fsp3) is 0.0833. The van der Waals surface area contributed by atoms with Gasteiger partial charge in [-0.1, -0.05) is 27.3 Å². The van der Waals surface area contributed by atoms with Crippen molar-refractivity contribution in [1.82, 2.24) is 5.32 Å². The summed E-state index contributed by atoms with van der Waals surface area (Å²) in [6, 6.07) is 4.93. The molecule has 0 aliphatic heterocycles. The summed E-state index contributed by atoms with van der Waals surface area (Å²) >= 11 is 4.04. The smallest absolute Gasteiger partial charge is 0.322 e. The summed E-state index contributed by atoms with van der Waals surface area (Å²) in [6.45, 7) is -0.626. The normalized spacial score (nSPS) is 10.4. The highest BCUT2D eigenvalue weighted by Crippen LogP contribution is 2.31. The molecule has 6 nitrogen and oxygen atoms in total. The molecular weight excluding hydrogens is 350 g/mol. The molecule has 0 saturated heterocycles. The second-order valence-corrected chi connectivity index (χ2v) is 5.76. The number of amides is 1. The number of carboxylic acids is 1. The van der Waals surface area contributed by atoms with Crippen LogP contribution in [0.1, 0.15) is 10.4 Å². The Hall–Kier alpha value is -1.93. The lowest BCUT2D eigenvalue weighted by molar-refractivity contribution is -0.135. The first kappa shape index (κ1) is 14.5. The molecule has 20 heavy (non-hydrogen) atoms. The Morgan fingerprint density at radius 2 is 2.05 bits per heavy atom. The molecule has 0 radical (unpaired) electrons. The van der Waals surface area contributed by atoms with Gasteiger partial charge in [-0.3, -0.25) is 14.4 Å². The average molecular weight is 358 g/mol. The summed E-state index contributed by atoms with van der Waals surface area (Å²) in [5.74, 6) is -2.60. The molecule has 1 heterocycles. The van der Waals surface area contributed by atoms with E-state index in [1.54, 1.807) is 18.2 Å². The van der Waals surface area contributed by atoms with E-state index in [4.69, 9.17) is 5.11 Å². The summed E-state index contributed by atoms with van der Waals surface area (Å²) in [5.41, 5.74) is -0.443. The largest absolute Gasteiger partial charge is 0.506 e. The van der Waals surface area contributed by atoms with E-state index >= 15 is 0 Å². The van der Waals surface area contributed by atoms with Crippen molar-refractivity contribution >= 4 is 49.2 Å². The predicted octanol–water partition coefficient (Wildman–Crippen LogP) is 1.54. The van der Waals surface area contributed by atoms with Gasteiger partial charge in [-0.15, -0.1) is 0 Å². The highest BCUT2D eigenvalue weighted by molar-refractivity contribution is 9.10. The predicted molar refractivity (Wildman–Crippen MR) is 77.4 cm³/mol. The number of aliphatic carboxylic acids is 1. The topological polar surface area (TPSA) is 104 Å². The summed E-state index contributed by atoms with van der Waals surface area (Å²) in [7, 11) is 0. The van der Waals surface area contributed by atoms with Gasteiger partial charge in [0.15, 0.2) is 0 Å². The number of hydrogen-bond donors (Lipinski definition) is 3. The van der Waals surface area contributed by atoms with Gasteiger partial charge in [-0.05, 0) is 18.2 Å². The van der Waals surface area contributed by atoms with Crippen LogP contribution in [0.15, 0.2) is 27.5 Å². The quantitative estimate of drug-likeness (QED) is 0.772. The number of rotatable bonds is 3. The van der Waals surface area contributed by atoms with Gasteiger partial charge in [0.1, 0.15) is 17.9 Å². The standard InChI is InChI=1S/C12H8BrNO5S/c13-5-1-2-7-6(3-5)10(17)9(12(19)20-7)11(18)14-4-8(15)16/h1-3,17H,4H2,(H,14,18)(H,15,16). The molecule has 0 atom stereocenters. The van der Waals surface area contributed by atoms with E-state index in [1.807, 2.05) is 0 Å². The molecule has 1 aromatic carbocycles. The van der Waals surface area contributed by atoms with Crippen molar-refractivity contribution < 1.29 is 19.8 Å². The Balaban J connectivity index is 2.56. The van der Waals surface area contributed by atoms with Crippen molar-refractivity contribution in [1.29, 1.82) is 0 Å². The lowest BCUT2D eigenvalue weighted by Crippen LogP contribution is -2.32. The lowest BCUT2D eigenvalue weighted by Gasteiger charge is -2.06. The molecule has 0 spiro atoms. The fourth-order valence-electron chi connectivity index (χ4n) is 1.60. The van der Waals surface area contributed by atoms with Gasteiger partial charge in [-0.25, -0.2) is 0 Å². The molecule has 104 valence electrons. The number of aromatic hydroxyl groups is 1. The van der Waals surface area contributed by atoms with Crippen LogP contribution < -0.4 is 10.1 Å². The number of nitrogens with one attached hydrogen (secondary N) is 1. The van der Waals surface area contributed by atoms with Gasteiger partial charge >= 0.3 is 5.97 Å². The zero-order valence-electron chi connectivity index (χ0n) is 9.84. The van der Waals surface area contributed by atoms with Crippen molar-refractivity contribution in [3.63, 3.8) is 0 Å². The number of benzene rings is 1. The number of carbonyl (C=O) groups excluding carboxylic acids is 1. The van der Waals surface area contributed by atoms with E-state index in [1.165, 1.54) is 0 Å². The van der Waals surface area contributed by atoms with Crippen molar-refractivity contribution in [2.75, 3.05) is 6.54 Å². The number of fused-ring (bicyclic) bond motifs is 1. The summed E-state index contributed by atoms with van der Waals surface area (Å²) < 4.78 is 0.591. The van der Waals surface area contributed by atoms with Gasteiger partial charge in [0, 0.05) is 14.6 Å². The second kappa shape index (κ2) is 5.59. The molecule has 0 aliphatic carbocycles. The van der Waals surface area contributed by atoms with Crippen LogP contribution in [0, 0.1) is 0 Å². The van der Waals surface area contributed by atoms with Crippen LogP contribution in [0.25, 0.3) is 10.1 Å². The SMILES string of the molecule is O=C(O)CNC(=O)c1c(O)c2cc(Br)ccc2sc1=O. The van der Waals surface area contributed by atoms with Crippen LogP contribution in [0.2, 0.25) is 0 Å². The maximum absolute atomic E-state index is 11.9. The Bertz CT molecular complexity index is 770. The minimum Gasteiger partial charge on any atom is -0.506 e. The average Bonchev–Trinajstić information content (AvgIpc) is 2.37. The minimum atomic E-state index is -1.24. The molecular formula is C12H8BrNO5S.